The minimum atomic E-state index is -1.10. The Morgan fingerprint density at radius 3 is 2.78 bits per heavy atom. The van der Waals surface area contributed by atoms with Crippen molar-refractivity contribution in [2.75, 3.05) is 6.54 Å². The highest BCUT2D eigenvalue weighted by molar-refractivity contribution is 8.01. The Morgan fingerprint density at radius 2 is 2.17 bits per heavy atom. The zero-order valence-corrected chi connectivity index (χ0v) is 10.5. The van der Waals surface area contributed by atoms with Crippen LogP contribution < -0.4 is 0 Å². The van der Waals surface area contributed by atoms with Gasteiger partial charge in [-0.25, -0.2) is 4.39 Å². The van der Waals surface area contributed by atoms with Gasteiger partial charge in [0.25, 0.3) is 0 Å². The average Bonchev–Trinajstić information content (AvgIpc) is 2.57. The highest BCUT2D eigenvalue weighted by atomic mass is 32.2. The molecule has 1 aliphatic heterocycles. The van der Waals surface area contributed by atoms with Crippen LogP contribution in [0.4, 0.5) is 4.39 Å². The summed E-state index contributed by atoms with van der Waals surface area (Å²) < 4.78 is 13.7. The summed E-state index contributed by atoms with van der Waals surface area (Å²) >= 11 is 1.26. The van der Waals surface area contributed by atoms with Crippen LogP contribution in [0.5, 0.6) is 0 Å². The number of carbonyl (C=O) groups excluding carboxylic acids is 1. The lowest BCUT2D eigenvalue weighted by atomic mass is 10.2. The van der Waals surface area contributed by atoms with E-state index in [1.807, 2.05) is 0 Å². The van der Waals surface area contributed by atoms with Gasteiger partial charge in [0, 0.05) is 5.56 Å². The zero-order valence-electron chi connectivity index (χ0n) is 9.67. The Kier molecular flexibility index (Phi) is 3.56. The van der Waals surface area contributed by atoms with E-state index in [1.165, 1.54) is 22.7 Å². The first-order valence-electron chi connectivity index (χ1n) is 5.43. The molecule has 1 aromatic carbocycles. The first kappa shape index (κ1) is 12.9. The molecule has 2 unspecified atom stereocenters. The number of hydrogen-bond donors (Lipinski definition) is 1. The Balaban J connectivity index is 2.34. The molecule has 0 saturated carbocycles. The maximum absolute atomic E-state index is 13.7. The SMILES string of the molecule is CC1SC(c2ccccc2F)N(CC(=O)O)C1=O. The van der Waals surface area contributed by atoms with Crippen molar-refractivity contribution in [3.63, 3.8) is 0 Å². The monoisotopic (exact) mass is 269 g/mol. The van der Waals surface area contributed by atoms with Gasteiger partial charge in [0.05, 0.1) is 5.25 Å². The van der Waals surface area contributed by atoms with Crippen LogP contribution in [-0.4, -0.2) is 33.7 Å². The zero-order chi connectivity index (χ0) is 13.3. The van der Waals surface area contributed by atoms with Gasteiger partial charge >= 0.3 is 5.97 Å². The Labute approximate surface area is 108 Å². The molecular formula is C12H12FNO3S. The summed E-state index contributed by atoms with van der Waals surface area (Å²) in [5.41, 5.74) is 0.349. The van der Waals surface area contributed by atoms with Crippen LogP contribution in [0, 0.1) is 5.82 Å². The summed E-state index contributed by atoms with van der Waals surface area (Å²) in [5.74, 6) is -1.79. The first-order chi connectivity index (χ1) is 8.50. The lowest BCUT2D eigenvalue weighted by molar-refractivity contribution is -0.144. The van der Waals surface area contributed by atoms with Gasteiger partial charge < -0.3 is 10.0 Å². The molecule has 1 saturated heterocycles. The van der Waals surface area contributed by atoms with Gasteiger partial charge in [0.15, 0.2) is 0 Å². The van der Waals surface area contributed by atoms with Crippen molar-refractivity contribution in [1.29, 1.82) is 0 Å². The third kappa shape index (κ3) is 2.33. The highest BCUT2D eigenvalue weighted by Gasteiger charge is 2.40. The fraction of sp³-hybridized carbons (Fsp3) is 0.333. The van der Waals surface area contributed by atoms with E-state index >= 15 is 0 Å². The fourth-order valence-corrected chi connectivity index (χ4v) is 3.20. The van der Waals surface area contributed by atoms with E-state index in [0.717, 1.165) is 0 Å². The Bertz CT molecular complexity index is 494. The average molecular weight is 269 g/mol. The molecule has 1 amide bonds. The van der Waals surface area contributed by atoms with Crippen LogP contribution in [-0.2, 0) is 9.59 Å². The van der Waals surface area contributed by atoms with Crippen molar-refractivity contribution in [2.45, 2.75) is 17.5 Å². The molecule has 0 radical (unpaired) electrons. The molecule has 1 N–H and O–H groups in total. The molecule has 0 spiro atoms. The van der Waals surface area contributed by atoms with Gasteiger partial charge in [-0.3, -0.25) is 9.59 Å². The van der Waals surface area contributed by atoms with E-state index in [1.54, 1.807) is 25.1 Å². The summed E-state index contributed by atoms with van der Waals surface area (Å²) in [7, 11) is 0. The molecule has 2 atom stereocenters. The Hall–Kier alpha value is -1.56. The third-order valence-electron chi connectivity index (χ3n) is 2.72. The quantitative estimate of drug-likeness (QED) is 0.910. The van der Waals surface area contributed by atoms with Gasteiger partial charge in [-0.15, -0.1) is 11.8 Å². The minimum absolute atomic E-state index is 0.268. The van der Waals surface area contributed by atoms with Crippen molar-refractivity contribution in [3.8, 4) is 0 Å². The maximum Gasteiger partial charge on any atom is 0.323 e. The number of carboxylic acids is 1. The summed E-state index contributed by atoms with van der Waals surface area (Å²) in [6.45, 7) is 1.29. The molecule has 0 bridgehead atoms. The summed E-state index contributed by atoms with van der Waals surface area (Å²) in [6, 6.07) is 6.12. The number of hydrogen-bond acceptors (Lipinski definition) is 3. The van der Waals surface area contributed by atoms with Gasteiger partial charge in [-0.1, -0.05) is 18.2 Å². The van der Waals surface area contributed by atoms with Crippen LogP contribution in [0.25, 0.3) is 0 Å². The summed E-state index contributed by atoms with van der Waals surface area (Å²) in [4.78, 5) is 23.8. The van der Waals surface area contributed by atoms with Crippen molar-refractivity contribution in [3.05, 3.63) is 35.6 Å². The first-order valence-corrected chi connectivity index (χ1v) is 6.37. The number of benzene rings is 1. The Morgan fingerprint density at radius 1 is 1.50 bits per heavy atom. The van der Waals surface area contributed by atoms with Crippen LogP contribution >= 0.6 is 11.8 Å². The van der Waals surface area contributed by atoms with E-state index in [0.29, 0.717) is 5.56 Å². The molecule has 18 heavy (non-hydrogen) atoms. The smallest absolute Gasteiger partial charge is 0.323 e. The van der Waals surface area contributed by atoms with Gasteiger partial charge in [-0.2, -0.15) is 0 Å². The molecule has 1 aromatic rings. The fourth-order valence-electron chi connectivity index (χ4n) is 1.90. The van der Waals surface area contributed by atoms with Gasteiger partial charge in [0.1, 0.15) is 17.7 Å². The van der Waals surface area contributed by atoms with Gasteiger partial charge in [-0.05, 0) is 13.0 Å². The molecule has 0 aromatic heterocycles. The normalized spacial score (nSPS) is 23.4. The molecule has 6 heteroatoms. The van der Waals surface area contributed by atoms with Crippen molar-refractivity contribution < 1.29 is 19.1 Å². The van der Waals surface area contributed by atoms with E-state index in [9.17, 15) is 14.0 Å². The molecule has 1 aliphatic rings. The third-order valence-corrected chi connectivity index (χ3v) is 4.10. The van der Waals surface area contributed by atoms with Crippen molar-refractivity contribution in [1.82, 2.24) is 4.90 Å². The standard InChI is InChI=1S/C12H12FNO3S/c1-7-11(17)14(6-10(15)16)12(18-7)8-4-2-3-5-9(8)13/h2-5,7,12H,6H2,1H3,(H,15,16). The largest absolute Gasteiger partial charge is 0.480 e. The molecule has 2 rings (SSSR count). The van der Waals surface area contributed by atoms with E-state index < -0.39 is 23.7 Å². The number of rotatable bonds is 3. The van der Waals surface area contributed by atoms with Crippen LogP contribution in [0.1, 0.15) is 17.9 Å². The molecule has 0 aliphatic carbocycles. The van der Waals surface area contributed by atoms with E-state index in [-0.39, 0.29) is 11.2 Å². The number of aliphatic carboxylic acids is 1. The molecule has 96 valence electrons. The van der Waals surface area contributed by atoms with Crippen LogP contribution in [0.2, 0.25) is 0 Å². The van der Waals surface area contributed by atoms with E-state index in [2.05, 4.69) is 0 Å². The number of nitrogens with zero attached hydrogens (tertiary/aromatic N) is 1. The summed E-state index contributed by atoms with van der Waals surface area (Å²) in [5, 5.41) is 7.90. The van der Waals surface area contributed by atoms with Crippen molar-refractivity contribution in [2.24, 2.45) is 0 Å². The highest BCUT2D eigenvalue weighted by Crippen LogP contribution is 2.43. The second kappa shape index (κ2) is 4.97. The summed E-state index contributed by atoms with van der Waals surface area (Å²) in [6.07, 6.45) is 0. The topological polar surface area (TPSA) is 57.6 Å². The van der Waals surface area contributed by atoms with Gasteiger partial charge in [0.2, 0.25) is 5.91 Å². The van der Waals surface area contributed by atoms with Crippen LogP contribution in [0.15, 0.2) is 24.3 Å². The van der Waals surface area contributed by atoms with Crippen molar-refractivity contribution >= 4 is 23.6 Å². The number of amides is 1. The number of halogens is 1. The maximum atomic E-state index is 13.7. The molecule has 1 heterocycles. The number of thioether (sulfide) groups is 1. The predicted molar refractivity (Wildman–Crippen MR) is 65.5 cm³/mol. The second-order valence-corrected chi connectivity index (χ2v) is 5.44. The molecule has 4 nitrogen and oxygen atoms in total. The second-order valence-electron chi connectivity index (χ2n) is 4.01. The molecular weight excluding hydrogens is 257 g/mol. The van der Waals surface area contributed by atoms with Crippen LogP contribution in [0.3, 0.4) is 0 Å². The lowest BCUT2D eigenvalue weighted by Gasteiger charge is -2.22. The number of carbonyl (C=O) groups is 2. The number of carboxylic acid groups (broad SMARTS) is 1. The minimum Gasteiger partial charge on any atom is -0.480 e. The lowest BCUT2D eigenvalue weighted by Crippen LogP contribution is -2.35. The predicted octanol–water partition coefficient (Wildman–Crippen LogP) is 1.87. The molecule has 1 fully saturated rings. The van der Waals surface area contributed by atoms with E-state index in [4.69, 9.17) is 5.11 Å².